The van der Waals surface area contributed by atoms with Gasteiger partial charge in [-0.2, -0.15) is 0 Å². The SMILES string of the molecule is COCCO[C@@H]1CCN(CC(=O)OC(C)(C)C)C1.Cl. The first-order valence-corrected chi connectivity index (χ1v) is 6.45. The molecule has 1 aliphatic heterocycles. The Morgan fingerprint density at radius 2 is 2.00 bits per heavy atom. The van der Waals surface area contributed by atoms with Gasteiger partial charge >= 0.3 is 5.97 Å². The Balaban J connectivity index is 0.00000324. The highest BCUT2D eigenvalue weighted by Crippen LogP contribution is 2.14. The number of esters is 1. The van der Waals surface area contributed by atoms with Crippen LogP contribution in [-0.2, 0) is 19.0 Å². The molecule has 114 valence electrons. The molecule has 0 N–H and O–H groups in total. The molecule has 19 heavy (non-hydrogen) atoms. The third-order valence-corrected chi connectivity index (χ3v) is 2.64. The van der Waals surface area contributed by atoms with Crippen LogP contribution in [0.1, 0.15) is 27.2 Å². The van der Waals surface area contributed by atoms with Crippen LogP contribution in [0.25, 0.3) is 0 Å². The van der Waals surface area contributed by atoms with Gasteiger partial charge in [-0.15, -0.1) is 12.4 Å². The molecule has 6 heteroatoms. The second-order valence-corrected chi connectivity index (χ2v) is 5.60. The molecule has 1 rings (SSSR count). The molecule has 1 aliphatic rings. The maximum Gasteiger partial charge on any atom is 0.320 e. The van der Waals surface area contributed by atoms with Gasteiger partial charge in [0.25, 0.3) is 0 Å². The minimum Gasteiger partial charge on any atom is -0.459 e. The monoisotopic (exact) mass is 295 g/mol. The van der Waals surface area contributed by atoms with Gasteiger partial charge in [0.1, 0.15) is 5.60 Å². The standard InChI is InChI=1S/C13H25NO4.ClH/c1-13(2,3)18-12(15)10-14-6-5-11(9-14)17-8-7-16-4;/h11H,5-10H2,1-4H3;1H/t11-;/m1./s1. The van der Waals surface area contributed by atoms with Crippen LogP contribution in [0, 0.1) is 0 Å². The van der Waals surface area contributed by atoms with E-state index in [1.807, 2.05) is 20.8 Å². The summed E-state index contributed by atoms with van der Waals surface area (Å²) >= 11 is 0. The molecule has 5 nitrogen and oxygen atoms in total. The van der Waals surface area contributed by atoms with Crippen molar-refractivity contribution in [2.45, 2.75) is 38.9 Å². The van der Waals surface area contributed by atoms with E-state index in [-0.39, 0.29) is 24.5 Å². The number of carbonyl (C=O) groups is 1. The highest BCUT2D eigenvalue weighted by atomic mass is 35.5. The lowest BCUT2D eigenvalue weighted by atomic mass is 10.2. The average molecular weight is 296 g/mol. The Morgan fingerprint density at radius 1 is 1.32 bits per heavy atom. The van der Waals surface area contributed by atoms with Crippen molar-refractivity contribution in [1.82, 2.24) is 4.90 Å². The highest BCUT2D eigenvalue weighted by Gasteiger charge is 2.26. The normalized spacial score (nSPS) is 20.1. The summed E-state index contributed by atoms with van der Waals surface area (Å²) in [6.07, 6.45) is 1.18. The van der Waals surface area contributed by atoms with Crippen molar-refractivity contribution in [2.75, 3.05) is 40.0 Å². The first-order chi connectivity index (χ1) is 8.40. The topological polar surface area (TPSA) is 48.0 Å². The molecule has 0 aromatic carbocycles. The molecule has 0 aliphatic carbocycles. The molecule has 1 fully saturated rings. The number of hydrogen-bond donors (Lipinski definition) is 0. The van der Waals surface area contributed by atoms with Crippen molar-refractivity contribution < 1.29 is 19.0 Å². The van der Waals surface area contributed by atoms with Gasteiger partial charge in [0.05, 0.1) is 25.9 Å². The van der Waals surface area contributed by atoms with E-state index in [2.05, 4.69) is 4.90 Å². The minimum absolute atomic E-state index is 0. The van der Waals surface area contributed by atoms with Crippen LogP contribution in [-0.4, -0.2) is 62.5 Å². The molecule has 0 unspecified atom stereocenters. The Bertz CT molecular complexity index is 268. The molecule has 0 saturated carbocycles. The Kier molecular flexibility index (Phi) is 8.57. The summed E-state index contributed by atoms with van der Waals surface area (Å²) in [5.41, 5.74) is -0.412. The third kappa shape index (κ3) is 8.42. The number of hydrogen-bond acceptors (Lipinski definition) is 5. The Labute approximate surface area is 122 Å². The molecule has 1 atom stereocenters. The van der Waals surface area contributed by atoms with Gasteiger partial charge in [0.2, 0.25) is 0 Å². The maximum absolute atomic E-state index is 11.7. The van der Waals surface area contributed by atoms with Gasteiger partial charge in [-0.1, -0.05) is 0 Å². The lowest BCUT2D eigenvalue weighted by Crippen LogP contribution is -2.34. The summed E-state index contributed by atoms with van der Waals surface area (Å²) in [5, 5.41) is 0. The van der Waals surface area contributed by atoms with E-state index in [4.69, 9.17) is 14.2 Å². The number of likely N-dealkylation sites (tertiary alicyclic amines) is 1. The van der Waals surface area contributed by atoms with Crippen LogP contribution < -0.4 is 0 Å². The van der Waals surface area contributed by atoms with E-state index in [1.54, 1.807) is 7.11 Å². The number of rotatable bonds is 6. The van der Waals surface area contributed by atoms with E-state index in [9.17, 15) is 4.79 Å². The van der Waals surface area contributed by atoms with E-state index in [1.165, 1.54) is 0 Å². The lowest BCUT2D eigenvalue weighted by Gasteiger charge is -2.22. The van der Waals surface area contributed by atoms with Crippen LogP contribution in [0.4, 0.5) is 0 Å². The third-order valence-electron chi connectivity index (χ3n) is 2.64. The van der Waals surface area contributed by atoms with Crippen LogP contribution >= 0.6 is 12.4 Å². The molecular formula is C13H26ClNO4. The Hall–Kier alpha value is -0.360. The van der Waals surface area contributed by atoms with Crippen molar-refractivity contribution in [3.05, 3.63) is 0 Å². The molecule has 1 saturated heterocycles. The quantitative estimate of drug-likeness (QED) is 0.549. The summed E-state index contributed by atoms with van der Waals surface area (Å²) in [7, 11) is 1.66. The second-order valence-electron chi connectivity index (χ2n) is 5.60. The fourth-order valence-corrected chi connectivity index (χ4v) is 1.93. The zero-order valence-electron chi connectivity index (χ0n) is 12.3. The summed E-state index contributed by atoms with van der Waals surface area (Å²) < 4.78 is 15.9. The predicted octanol–water partition coefficient (Wildman–Crippen LogP) is 1.49. The van der Waals surface area contributed by atoms with Gasteiger partial charge in [-0.25, -0.2) is 0 Å². The van der Waals surface area contributed by atoms with Gasteiger partial charge < -0.3 is 14.2 Å². The molecule has 0 amide bonds. The summed E-state index contributed by atoms with van der Waals surface area (Å²) in [4.78, 5) is 13.7. The zero-order chi connectivity index (χ0) is 13.6. The number of carbonyl (C=O) groups excluding carboxylic acids is 1. The van der Waals surface area contributed by atoms with Crippen LogP contribution in [0.15, 0.2) is 0 Å². The average Bonchev–Trinajstić information content (AvgIpc) is 2.63. The van der Waals surface area contributed by atoms with Gasteiger partial charge in [0, 0.05) is 20.2 Å². The van der Waals surface area contributed by atoms with Crippen molar-refractivity contribution in [3.63, 3.8) is 0 Å². The number of methoxy groups -OCH3 is 1. The van der Waals surface area contributed by atoms with Gasteiger partial charge in [-0.3, -0.25) is 9.69 Å². The molecule has 0 aromatic rings. The first kappa shape index (κ1) is 18.6. The van der Waals surface area contributed by atoms with E-state index >= 15 is 0 Å². The lowest BCUT2D eigenvalue weighted by molar-refractivity contribution is -0.155. The van der Waals surface area contributed by atoms with Crippen molar-refractivity contribution >= 4 is 18.4 Å². The fourth-order valence-electron chi connectivity index (χ4n) is 1.93. The number of nitrogens with zero attached hydrogens (tertiary/aromatic N) is 1. The number of ether oxygens (including phenoxy) is 3. The van der Waals surface area contributed by atoms with Gasteiger partial charge in [0.15, 0.2) is 0 Å². The fraction of sp³-hybridized carbons (Fsp3) is 0.923. The van der Waals surface area contributed by atoms with Crippen LogP contribution in [0.5, 0.6) is 0 Å². The van der Waals surface area contributed by atoms with Crippen LogP contribution in [0.3, 0.4) is 0 Å². The predicted molar refractivity (Wildman–Crippen MR) is 75.8 cm³/mol. The molecule has 0 spiro atoms. The van der Waals surface area contributed by atoms with Gasteiger partial charge in [-0.05, 0) is 27.2 Å². The van der Waals surface area contributed by atoms with Crippen molar-refractivity contribution in [1.29, 1.82) is 0 Å². The Morgan fingerprint density at radius 3 is 2.58 bits per heavy atom. The maximum atomic E-state index is 11.7. The highest BCUT2D eigenvalue weighted by molar-refractivity contribution is 5.85. The smallest absolute Gasteiger partial charge is 0.320 e. The minimum atomic E-state index is -0.412. The second kappa shape index (κ2) is 8.74. The number of halogens is 1. The summed E-state index contributed by atoms with van der Waals surface area (Å²) in [6.45, 7) is 8.90. The summed E-state index contributed by atoms with van der Waals surface area (Å²) in [5.74, 6) is -0.167. The molecule has 0 aromatic heterocycles. The van der Waals surface area contributed by atoms with E-state index in [0.717, 1.165) is 19.5 Å². The zero-order valence-corrected chi connectivity index (χ0v) is 13.1. The van der Waals surface area contributed by atoms with E-state index in [0.29, 0.717) is 19.8 Å². The van der Waals surface area contributed by atoms with E-state index < -0.39 is 5.60 Å². The molecular weight excluding hydrogens is 270 g/mol. The van der Waals surface area contributed by atoms with Crippen LogP contribution in [0.2, 0.25) is 0 Å². The first-order valence-electron chi connectivity index (χ1n) is 6.45. The van der Waals surface area contributed by atoms with Crippen molar-refractivity contribution in [3.8, 4) is 0 Å². The largest absolute Gasteiger partial charge is 0.459 e. The molecule has 1 heterocycles. The van der Waals surface area contributed by atoms with Crippen molar-refractivity contribution in [2.24, 2.45) is 0 Å². The summed E-state index contributed by atoms with van der Waals surface area (Å²) in [6, 6.07) is 0. The molecule has 0 radical (unpaired) electrons. The molecule has 0 bridgehead atoms.